The number of hydrogen-bond donors (Lipinski definition) is 2. The maximum atomic E-state index is 13.9. The van der Waals surface area contributed by atoms with Crippen LogP contribution in [0.15, 0.2) is 24.5 Å². The number of anilines is 2. The lowest BCUT2D eigenvalue weighted by Crippen LogP contribution is -2.19. The zero-order valence-corrected chi connectivity index (χ0v) is 16.9. The van der Waals surface area contributed by atoms with Gasteiger partial charge in [0.15, 0.2) is 0 Å². The molecular formula is C20H21FN4O3S. The molecule has 0 aliphatic heterocycles. The Bertz CT molecular complexity index is 1070. The Balaban J connectivity index is 1.70. The summed E-state index contributed by atoms with van der Waals surface area (Å²) in [7, 11) is 1.34. The Hall–Kier alpha value is -2.78. The van der Waals surface area contributed by atoms with Gasteiger partial charge in [0.1, 0.15) is 39.5 Å². The number of methoxy groups -OCH3 is 1. The molecule has 2 heterocycles. The van der Waals surface area contributed by atoms with Crippen LogP contribution in [0.4, 0.5) is 15.9 Å². The van der Waals surface area contributed by atoms with E-state index in [0.29, 0.717) is 27.0 Å². The maximum Gasteiger partial charge on any atom is 0.348 e. The fourth-order valence-corrected chi connectivity index (χ4v) is 4.61. The van der Waals surface area contributed by atoms with E-state index < -0.39 is 5.97 Å². The molecule has 4 rings (SSSR count). The summed E-state index contributed by atoms with van der Waals surface area (Å²) in [5.41, 5.74) is 7.27. The monoisotopic (exact) mass is 416 g/mol. The summed E-state index contributed by atoms with van der Waals surface area (Å²) >= 11 is 1.24. The smallest absolute Gasteiger partial charge is 0.348 e. The first-order valence-electron chi connectivity index (χ1n) is 9.27. The molecule has 3 aromatic rings. The predicted molar refractivity (Wildman–Crippen MR) is 109 cm³/mol. The van der Waals surface area contributed by atoms with E-state index in [2.05, 4.69) is 15.3 Å². The molecule has 0 amide bonds. The molecule has 2 aromatic heterocycles. The third-order valence-electron chi connectivity index (χ3n) is 5.01. The van der Waals surface area contributed by atoms with Crippen LogP contribution >= 0.6 is 11.3 Å². The van der Waals surface area contributed by atoms with Crippen LogP contribution in [0, 0.1) is 12.7 Å². The molecule has 7 nitrogen and oxygen atoms in total. The fourth-order valence-electron chi connectivity index (χ4n) is 3.54. The van der Waals surface area contributed by atoms with Gasteiger partial charge in [-0.1, -0.05) is 0 Å². The Morgan fingerprint density at radius 2 is 2.17 bits per heavy atom. The number of aromatic nitrogens is 2. The summed E-state index contributed by atoms with van der Waals surface area (Å²) in [4.78, 5) is 21.8. The van der Waals surface area contributed by atoms with E-state index in [1.54, 1.807) is 6.07 Å². The van der Waals surface area contributed by atoms with Crippen molar-refractivity contribution in [1.29, 1.82) is 0 Å². The number of thiophene rings is 1. The number of esters is 1. The van der Waals surface area contributed by atoms with E-state index in [1.165, 1.54) is 36.9 Å². The van der Waals surface area contributed by atoms with Gasteiger partial charge in [0, 0.05) is 12.1 Å². The third-order valence-corrected chi connectivity index (χ3v) is 6.19. The number of nitrogens with one attached hydrogen (secondary N) is 1. The molecule has 2 atom stereocenters. The molecule has 1 fully saturated rings. The van der Waals surface area contributed by atoms with Crippen molar-refractivity contribution in [1.82, 2.24) is 9.97 Å². The maximum absolute atomic E-state index is 13.9. The number of aryl methyl sites for hydroxylation is 1. The molecule has 0 radical (unpaired) electrons. The second-order valence-corrected chi connectivity index (χ2v) is 8.03. The normalized spacial score (nSPS) is 18.8. The Morgan fingerprint density at radius 1 is 1.34 bits per heavy atom. The minimum atomic E-state index is -0.417. The van der Waals surface area contributed by atoms with E-state index in [1.807, 2.05) is 6.92 Å². The van der Waals surface area contributed by atoms with Crippen molar-refractivity contribution in [2.24, 2.45) is 5.73 Å². The average molecular weight is 416 g/mol. The van der Waals surface area contributed by atoms with Crippen molar-refractivity contribution in [3.05, 3.63) is 40.8 Å². The Labute approximate surface area is 171 Å². The number of rotatable bonds is 5. The van der Waals surface area contributed by atoms with Gasteiger partial charge in [-0.05, 0) is 43.9 Å². The summed E-state index contributed by atoms with van der Waals surface area (Å²) in [5.74, 6) is 0.107. The molecule has 1 aromatic carbocycles. The summed E-state index contributed by atoms with van der Waals surface area (Å²) in [5, 5.41) is 3.94. The van der Waals surface area contributed by atoms with Gasteiger partial charge in [0.25, 0.3) is 0 Å². The minimum Gasteiger partial charge on any atom is -0.488 e. The van der Waals surface area contributed by atoms with Crippen LogP contribution in [-0.4, -0.2) is 35.2 Å². The van der Waals surface area contributed by atoms with Gasteiger partial charge in [0.05, 0.1) is 18.2 Å². The molecule has 0 spiro atoms. The van der Waals surface area contributed by atoms with Gasteiger partial charge in [-0.3, -0.25) is 0 Å². The van der Waals surface area contributed by atoms with Crippen LogP contribution < -0.4 is 15.8 Å². The summed E-state index contributed by atoms with van der Waals surface area (Å²) in [6, 6.07) is 4.42. The number of benzene rings is 1. The van der Waals surface area contributed by atoms with Gasteiger partial charge in [-0.15, -0.1) is 11.3 Å². The van der Waals surface area contributed by atoms with E-state index in [4.69, 9.17) is 15.2 Å². The Morgan fingerprint density at radius 3 is 2.90 bits per heavy atom. The minimum absolute atomic E-state index is 0.0495. The van der Waals surface area contributed by atoms with Crippen molar-refractivity contribution in [3.63, 3.8) is 0 Å². The van der Waals surface area contributed by atoms with Crippen LogP contribution in [0.3, 0.4) is 0 Å². The quantitative estimate of drug-likeness (QED) is 0.608. The molecule has 0 bridgehead atoms. The number of carbonyl (C=O) groups excluding carboxylic acids is 1. The van der Waals surface area contributed by atoms with E-state index in [9.17, 15) is 9.18 Å². The van der Waals surface area contributed by atoms with Crippen LogP contribution in [-0.2, 0) is 4.74 Å². The predicted octanol–water partition coefficient (Wildman–Crippen LogP) is 3.93. The third kappa shape index (κ3) is 3.88. The van der Waals surface area contributed by atoms with E-state index >= 15 is 0 Å². The molecule has 3 N–H and O–H groups in total. The number of hydrogen-bond acceptors (Lipinski definition) is 8. The zero-order valence-electron chi connectivity index (χ0n) is 16.1. The largest absolute Gasteiger partial charge is 0.488 e. The molecule has 1 saturated carbocycles. The van der Waals surface area contributed by atoms with Crippen molar-refractivity contribution >= 4 is 39.0 Å². The van der Waals surface area contributed by atoms with Gasteiger partial charge < -0.3 is 20.5 Å². The number of halogens is 1. The molecule has 0 unspecified atom stereocenters. The van der Waals surface area contributed by atoms with Gasteiger partial charge in [-0.25, -0.2) is 19.2 Å². The highest BCUT2D eigenvalue weighted by atomic mass is 32.1. The van der Waals surface area contributed by atoms with Crippen LogP contribution in [0.1, 0.15) is 34.5 Å². The first-order chi connectivity index (χ1) is 14.0. The lowest BCUT2D eigenvalue weighted by atomic mass is 10.2. The van der Waals surface area contributed by atoms with E-state index in [0.717, 1.165) is 30.2 Å². The topological polar surface area (TPSA) is 99.4 Å². The SMILES string of the molecule is COC(=O)c1sc2ncnc(Nc3ccc(F)cc3O[C@H]3CC[C@H](N)C3)c2c1C. The number of carbonyl (C=O) groups is 1. The highest BCUT2D eigenvalue weighted by Crippen LogP contribution is 2.37. The number of nitrogens with two attached hydrogens (primary N) is 1. The van der Waals surface area contributed by atoms with E-state index in [-0.39, 0.29) is 18.0 Å². The summed E-state index contributed by atoms with van der Waals surface area (Å²) in [6.45, 7) is 1.82. The molecule has 9 heteroatoms. The first-order valence-corrected chi connectivity index (χ1v) is 10.1. The second kappa shape index (κ2) is 7.92. The molecule has 1 aliphatic carbocycles. The van der Waals surface area contributed by atoms with Crippen LogP contribution in [0.5, 0.6) is 5.75 Å². The molecule has 152 valence electrons. The van der Waals surface area contributed by atoms with Crippen LogP contribution in [0.25, 0.3) is 10.2 Å². The number of nitrogens with zero attached hydrogens (tertiary/aromatic N) is 2. The van der Waals surface area contributed by atoms with Crippen LogP contribution in [0.2, 0.25) is 0 Å². The van der Waals surface area contributed by atoms with Crippen molar-refractivity contribution in [3.8, 4) is 5.75 Å². The van der Waals surface area contributed by atoms with Crippen molar-refractivity contribution < 1.29 is 18.7 Å². The first kappa shape index (κ1) is 19.5. The average Bonchev–Trinajstić information content (AvgIpc) is 3.27. The molecule has 1 aliphatic rings. The summed E-state index contributed by atoms with van der Waals surface area (Å²) < 4.78 is 24.8. The highest BCUT2D eigenvalue weighted by molar-refractivity contribution is 7.20. The Kier molecular flexibility index (Phi) is 5.33. The van der Waals surface area contributed by atoms with Crippen molar-refractivity contribution in [2.45, 2.75) is 38.3 Å². The van der Waals surface area contributed by atoms with Crippen molar-refractivity contribution in [2.75, 3.05) is 12.4 Å². The highest BCUT2D eigenvalue weighted by Gasteiger charge is 2.25. The lowest BCUT2D eigenvalue weighted by molar-refractivity contribution is 0.0605. The number of fused-ring (bicyclic) bond motifs is 1. The lowest BCUT2D eigenvalue weighted by Gasteiger charge is -2.18. The molecule has 29 heavy (non-hydrogen) atoms. The fraction of sp³-hybridized carbons (Fsp3) is 0.350. The molecular weight excluding hydrogens is 395 g/mol. The summed E-state index contributed by atoms with van der Waals surface area (Å²) in [6.07, 6.45) is 3.83. The zero-order chi connectivity index (χ0) is 20.5. The standard InChI is InChI=1S/C20H21FN4O3S/c1-10-16-18(23-9-24-19(16)29-17(10)20(26)27-2)25-14-6-3-11(21)7-15(14)28-13-5-4-12(22)8-13/h3,6-7,9,12-13H,4-5,8,22H2,1-2H3,(H,23,24,25)/t12-,13-/m0/s1. The van der Waals surface area contributed by atoms with Gasteiger partial charge >= 0.3 is 5.97 Å². The molecule has 0 saturated heterocycles. The van der Waals surface area contributed by atoms with Gasteiger partial charge in [-0.2, -0.15) is 0 Å². The number of ether oxygens (including phenoxy) is 2. The second-order valence-electron chi connectivity index (χ2n) is 7.03. The van der Waals surface area contributed by atoms with Gasteiger partial charge in [0.2, 0.25) is 0 Å².